The third-order valence-corrected chi connectivity index (χ3v) is 3.11. The fraction of sp³-hybridized carbons (Fsp3) is 0.167. The summed E-state index contributed by atoms with van der Waals surface area (Å²) < 4.78 is 0. The van der Waals surface area contributed by atoms with Gasteiger partial charge in [0.2, 0.25) is 0 Å². The lowest BCUT2D eigenvalue weighted by Crippen LogP contribution is -2.19. The molecule has 112 valence electrons. The molecule has 2 aromatic rings. The van der Waals surface area contributed by atoms with Gasteiger partial charge in [-0.25, -0.2) is 5.43 Å². The van der Waals surface area contributed by atoms with Crippen LogP contribution in [-0.4, -0.2) is 17.4 Å². The minimum absolute atomic E-state index is 0.0164. The first kappa shape index (κ1) is 15.6. The Kier molecular flexibility index (Phi) is 5.20. The van der Waals surface area contributed by atoms with Gasteiger partial charge >= 0.3 is 0 Å². The molecule has 0 saturated carbocycles. The van der Waals surface area contributed by atoms with Crippen LogP contribution in [0.1, 0.15) is 30.6 Å². The third kappa shape index (κ3) is 4.38. The van der Waals surface area contributed by atoms with Crippen molar-refractivity contribution >= 4 is 17.4 Å². The molecule has 0 aliphatic heterocycles. The fourth-order valence-corrected chi connectivity index (χ4v) is 2.06. The van der Waals surface area contributed by atoms with Gasteiger partial charge < -0.3 is 0 Å². The smallest absolute Gasteiger partial charge is 0.271 e. The van der Waals surface area contributed by atoms with Crippen LogP contribution in [0, 0.1) is 0 Å². The summed E-state index contributed by atoms with van der Waals surface area (Å²) in [7, 11) is 0. The number of nitrogens with zero attached hydrogens (tertiary/aromatic N) is 1. The number of hydrazone groups is 1. The maximum Gasteiger partial charge on any atom is 0.271 e. The number of ketones is 1. The van der Waals surface area contributed by atoms with Crippen LogP contribution < -0.4 is 5.43 Å². The summed E-state index contributed by atoms with van der Waals surface area (Å²) in [6.45, 7) is 3.20. The summed E-state index contributed by atoms with van der Waals surface area (Å²) in [6, 6.07) is 17.3. The van der Waals surface area contributed by atoms with Crippen LogP contribution in [-0.2, 0) is 4.79 Å². The second-order valence-electron chi connectivity index (χ2n) is 5.11. The Labute approximate surface area is 129 Å². The zero-order valence-electron chi connectivity index (χ0n) is 12.7. The molecular formula is C18H18N2O2. The number of benzene rings is 2. The van der Waals surface area contributed by atoms with E-state index < -0.39 is 0 Å². The zero-order valence-corrected chi connectivity index (χ0v) is 12.7. The van der Waals surface area contributed by atoms with E-state index in [9.17, 15) is 9.59 Å². The Morgan fingerprint density at radius 1 is 0.909 bits per heavy atom. The minimum atomic E-state index is -0.289. The van der Waals surface area contributed by atoms with Gasteiger partial charge in [-0.15, -0.1) is 0 Å². The molecule has 0 aliphatic carbocycles. The quantitative estimate of drug-likeness (QED) is 0.678. The molecule has 0 saturated heterocycles. The molecule has 0 bridgehead atoms. The van der Waals surface area contributed by atoms with E-state index in [1.54, 1.807) is 19.1 Å². The van der Waals surface area contributed by atoms with E-state index in [-0.39, 0.29) is 18.1 Å². The molecular weight excluding hydrogens is 276 g/mol. The van der Waals surface area contributed by atoms with E-state index in [2.05, 4.69) is 10.5 Å². The highest BCUT2D eigenvalue weighted by atomic mass is 16.2. The van der Waals surface area contributed by atoms with E-state index in [4.69, 9.17) is 0 Å². The number of carbonyl (C=O) groups excluding carboxylic acids is 2. The van der Waals surface area contributed by atoms with E-state index in [1.165, 1.54) is 6.92 Å². The Morgan fingerprint density at radius 3 is 2.09 bits per heavy atom. The standard InChI is InChI=1S/C18H18N2O2/c1-13(12-14(2)21)19-20-18(22)17-10-8-16(9-11-17)15-6-4-3-5-7-15/h3-11H,12H2,1-2H3,(H,20,22)/b19-13-. The lowest BCUT2D eigenvalue weighted by Gasteiger charge is -2.04. The zero-order chi connectivity index (χ0) is 15.9. The van der Waals surface area contributed by atoms with E-state index in [0.717, 1.165) is 11.1 Å². The summed E-state index contributed by atoms with van der Waals surface area (Å²) in [5.41, 5.74) is 5.72. The summed E-state index contributed by atoms with van der Waals surface area (Å²) in [6.07, 6.45) is 0.243. The highest BCUT2D eigenvalue weighted by Gasteiger charge is 2.05. The van der Waals surface area contributed by atoms with Gasteiger partial charge in [-0.1, -0.05) is 42.5 Å². The molecule has 0 atom stereocenters. The van der Waals surface area contributed by atoms with Crippen LogP contribution >= 0.6 is 0 Å². The molecule has 0 aliphatic rings. The first-order valence-corrected chi connectivity index (χ1v) is 7.04. The highest BCUT2D eigenvalue weighted by molar-refractivity contribution is 6.01. The summed E-state index contributed by atoms with van der Waals surface area (Å²) >= 11 is 0. The monoisotopic (exact) mass is 294 g/mol. The Hall–Kier alpha value is -2.75. The largest absolute Gasteiger partial charge is 0.300 e. The van der Waals surface area contributed by atoms with Crippen molar-refractivity contribution in [1.29, 1.82) is 0 Å². The van der Waals surface area contributed by atoms with Crippen molar-refractivity contribution in [2.45, 2.75) is 20.3 Å². The number of hydrogen-bond acceptors (Lipinski definition) is 3. The molecule has 1 N–H and O–H groups in total. The molecule has 0 radical (unpaired) electrons. The number of carbonyl (C=O) groups is 2. The van der Waals surface area contributed by atoms with Gasteiger partial charge in [0, 0.05) is 17.7 Å². The lowest BCUT2D eigenvalue weighted by molar-refractivity contribution is -0.115. The van der Waals surface area contributed by atoms with Crippen LogP contribution in [0.15, 0.2) is 59.7 Å². The maximum absolute atomic E-state index is 12.0. The van der Waals surface area contributed by atoms with E-state index in [1.807, 2.05) is 42.5 Å². The van der Waals surface area contributed by atoms with Gasteiger partial charge in [0.25, 0.3) is 5.91 Å². The fourth-order valence-electron chi connectivity index (χ4n) is 2.06. The number of amides is 1. The SMILES string of the molecule is CC(=O)C/C(C)=N\NC(=O)c1ccc(-c2ccccc2)cc1. The number of hydrogen-bond donors (Lipinski definition) is 1. The molecule has 0 aromatic heterocycles. The average molecular weight is 294 g/mol. The molecule has 0 unspecified atom stereocenters. The second kappa shape index (κ2) is 7.31. The van der Waals surface area contributed by atoms with Crippen LogP contribution in [0.3, 0.4) is 0 Å². The number of rotatable bonds is 5. The molecule has 2 aromatic carbocycles. The van der Waals surface area contributed by atoms with Gasteiger partial charge in [0.1, 0.15) is 5.78 Å². The van der Waals surface area contributed by atoms with Crippen molar-refractivity contribution < 1.29 is 9.59 Å². The predicted molar refractivity (Wildman–Crippen MR) is 87.8 cm³/mol. The van der Waals surface area contributed by atoms with Gasteiger partial charge in [0.05, 0.1) is 0 Å². The lowest BCUT2D eigenvalue weighted by atomic mass is 10.0. The van der Waals surface area contributed by atoms with Crippen LogP contribution in [0.25, 0.3) is 11.1 Å². The summed E-state index contributed by atoms with van der Waals surface area (Å²) in [4.78, 5) is 22.9. The van der Waals surface area contributed by atoms with Crippen LogP contribution in [0.4, 0.5) is 0 Å². The van der Waals surface area contributed by atoms with Gasteiger partial charge in [-0.2, -0.15) is 5.10 Å². The van der Waals surface area contributed by atoms with Crippen molar-refractivity contribution in [2.24, 2.45) is 5.10 Å². The Bertz CT molecular complexity index is 689. The number of nitrogens with one attached hydrogen (secondary N) is 1. The van der Waals surface area contributed by atoms with Crippen molar-refractivity contribution in [3.63, 3.8) is 0 Å². The van der Waals surface area contributed by atoms with Crippen molar-refractivity contribution in [3.8, 4) is 11.1 Å². The first-order valence-electron chi connectivity index (χ1n) is 7.04. The molecule has 4 heteroatoms. The van der Waals surface area contributed by atoms with E-state index >= 15 is 0 Å². The van der Waals surface area contributed by atoms with Crippen molar-refractivity contribution in [3.05, 3.63) is 60.2 Å². The topological polar surface area (TPSA) is 58.5 Å². The van der Waals surface area contributed by atoms with Gasteiger partial charge in [-0.05, 0) is 37.1 Å². The minimum Gasteiger partial charge on any atom is -0.300 e. The highest BCUT2D eigenvalue weighted by Crippen LogP contribution is 2.19. The summed E-state index contributed by atoms with van der Waals surface area (Å²) in [5, 5.41) is 3.92. The van der Waals surface area contributed by atoms with Gasteiger partial charge in [-0.3, -0.25) is 9.59 Å². The molecule has 0 heterocycles. The molecule has 0 fully saturated rings. The Morgan fingerprint density at radius 2 is 1.50 bits per heavy atom. The predicted octanol–water partition coefficient (Wildman–Crippen LogP) is 3.44. The van der Waals surface area contributed by atoms with Gasteiger partial charge in [0.15, 0.2) is 0 Å². The normalized spacial score (nSPS) is 11.1. The van der Waals surface area contributed by atoms with Crippen molar-refractivity contribution in [1.82, 2.24) is 5.43 Å². The molecule has 2 rings (SSSR count). The van der Waals surface area contributed by atoms with Crippen LogP contribution in [0.2, 0.25) is 0 Å². The summed E-state index contributed by atoms with van der Waals surface area (Å²) in [5.74, 6) is -0.273. The van der Waals surface area contributed by atoms with Crippen molar-refractivity contribution in [2.75, 3.05) is 0 Å². The first-order chi connectivity index (χ1) is 10.6. The molecule has 1 amide bonds. The third-order valence-electron chi connectivity index (χ3n) is 3.11. The Balaban J connectivity index is 2.04. The second-order valence-corrected chi connectivity index (χ2v) is 5.11. The van der Waals surface area contributed by atoms with E-state index in [0.29, 0.717) is 11.3 Å². The number of Topliss-reactive ketones (excluding diaryl/α,β-unsaturated/α-hetero) is 1. The maximum atomic E-state index is 12.0. The van der Waals surface area contributed by atoms with Crippen LogP contribution in [0.5, 0.6) is 0 Å². The molecule has 22 heavy (non-hydrogen) atoms. The molecule has 0 spiro atoms. The average Bonchev–Trinajstić information content (AvgIpc) is 2.53. The molecule has 4 nitrogen and oxygen atoms in total.